The minimum atomic E-state index is -3.69. The van der Waals surface area contributed by atoms with E-state index < -0.39 is 10.0 Å². The molecule has 1 aliphatic rings. The standard InChI is InChI=1S/C20H28FN3O3S/c1-3-4-5-6-11-27-19-13-24(28(25,26)20-14-23(2)15-22-20)12-18(19)16-7-9-17(21)10-8-16/h7-10,14-15,18-19H,3-6,11-13H2,1-2H3/t18-,19+/m1/s1. The number of halogens is 1. The number of imidazole rings is 1. The lowest BCUT2D eigenvalue weighted by Gasteiger charge is -2.19. The molecular weight excluding hydrogens is 381 g/mol. The maximum absolute atomic E-state index is 13.3. The Bertz CT molecular complexity index is 867. The molecule has 1 saturated heterocycles. The third-order valence-corrected chi connectivity index (χ3v) is 6.86. The van der Waals surface area contributed by atoms with E-state index in [0.717, 1.165) is 31.2 Å². The first kappa shape index (κ1) is 21.0. The average molecular weight is 410 g/mol. The molecule has 1 aromatic heterocycles. The fourth-order valence-corrected chi connectivity index (χ4v) is 5.00. The first-order chi connectivity index (χ1) is 13.4. The summed E-state index contributed by atoms with van der Waals surface area (Å²) in [5.74, 6) is -0.443. The average Bonchev–Trinajstić information content (AvgIpc) is 3.30. The molecule has 1 aromatic carbocycles. The Morgan fingerprint density at radius 1 is 1.18 bits per heavy atom. The van der Waals surface area contributed by atoms with E-state index in [2.05, 4.69) is 11.9 Å². The fraction of sp³-hybridized carbons (Fsp3) is 0.550. The number of hydrogen-bond donors (Lipinski definition) is 0. The van der Waals surface area contributed by atoms with Crippen LogP contribution >= 0.6 is 0 Å². The van der Waals surface area contributed by atoms with Crippen LogP contribution in [0.25, 0.3) is 0 Å². The summed E-state index contributed by atoms with van der Waals surface area (Å²) in [7, 11) is -1.96. The molecule has 0 radical (unpaired) electrons. The molecule has 0 amide bonds. The SMILES string of the molecule is CCCCCCO[C@H]1CN(S(=O)(=O)c2cn(C)cn2)C[C@@H]1c1ccc(F)cc1. The largest absolute Gasteiger partial charge is 0.376 e. The Labute approximate surface area is 166 Å². The minimum Gasteiger partial charge on any atom is -0.376 e. The number of ether oxygens (including phenoxy) is 1. The summed E-state index contributed by atoms with van der Waals surface area (Å²) in [6.45, 7) is 3.32. The third kappa shape index (κ3) is 4.79. The third-order valence-electron chi connectivity index (χ3n) is 5.15. The second kappa shape index (κ2) is 9.15. The zero-order chi connectivity index (χ0) is 20.1. The first-order valence-electron chi connectivity index (χ1n) is 9.77. The van der Waals surface area contributed by atoms with Crippen LogP contribution in [0.5, 0.6) is 0 Å². The van der Waals surface area contributed by atoms with Crippen LogP contribution in [-0.4, -0.2) is 48.1 Å². The van der Waals surface area contributed by atoms with Gasteiger partial charge in [0, 0.05) is 38.9 Å². The summed E-state index contributed by atoms with van der Waals surface area (Å²) in [6, 6.07) is 6.24. The Kier molecular flexibility index (Phi) is 6.85. The molecule has 0 N–H and O–H groups in total. The Morgan fingerprint density at radius 3 is 2.57 bits per heavy atom. The monoisotopic (exact) mass is 409 g/mol. The molecule has 0 saturated carbocycles. The maximum atomic E-state index is 13.3. The topological polar surface area (TPSA) is 64.4 Å². The lowest BCUT2D eigenvalue weighted by atomic mass is 9.96. The van der Waals surface area contributed by atoms with Gasteiger partial charge in [-0.15, -0.1) is 0 Å². The van der Waals surface area contributed by atoms with Gasteiger partial charge in [-0.25, -0.2) is 17.8 Å². The number of benzene rings is 1. The van der Waals surface area contributed by atoms with Gasteiger partial charge in [0.05, 0.1) is 12.4 Å². The van der Waals surface area contributed by atoms with Crippen LogP contribution in [0.1, 0.15) is 44.1 Å². The molecule has 1 aliphatic heterocycles. The molecule has 8 heteroatoms. The zero-order valence-electron chi connectivity index (χ0n) is 16.4. The van der Waals surface area contributed by atoms with Gasteiger partial charge in [0.1, 0.15) is 5.82 Å². The number of hydrogen-bond acceptors (Lipinski definition) is 4. The molecule has 0 spiro atoms. The van der Waals surface area contributed by atoms with Crippen LogP contribution in [0, 0.1) is 5.82 Å². The predicted octanol–water partition coefficient (Wildman–Crippen LogP) is 3.31. The number of rotatable bonds is 9. The van der Waals surface area contributed by atoms with E-state index in [1.54, 1.807) is 23.7 Å². The van der Waals surface area contributed by atoms with Crippen molar-refractivity contribution in [2.24, 2.45) is 7.05 Å². The number of nitrogens with zero attached hydrogens (tertiary/aromatic N) is 3. The summed E-state index contributed by atoms with van der Waals surface area (Å²) in [4.78, 5) is 4.01. The second-order valence-electron chi connectivity index (χ2n) is 7.33. The molecule has 2 heterocycles. The minimum absolute atomic E-state index is 0.0384. The predicted molar refractivity (Wildman–Crippen MR) is 105 cm³/mol. The van der Waals surface area contributed by atoms with Crippen molar-refractivity contribution < 1.29 is 17.5 Å². The van der Waals surface area contributed by atoms with Crippen molar-refractivity contribution in [3.05, 3.63) is 48.2 Å². The molecule has 28 heavy (non-hydrogen) atoms. The van der Waals surface area contributed by atoms with E-state index in [1.807, 2.05) is 0 Å². The highest BCUT2D eigenvalue weighted by Crippen LogP contribution is 2.33. The van der Waals surface area contributed by atoms with E-state index in [9.17, 15) is 12.8 Å². The van der Waals surface area contributed by atoms with Crippen LogP contribution in [0.4, 0.5) is 4.39 Å². The van der Waals surface area contributed by atoms with E-state index in [0.29, 0.717) is 13.2 Å². The van der Waals surface area contributed by atoms with Crippen LogP contribution in [0.15, 0.2) is 41.8 Å². The normalized spacial score (nSPS) is 20.7. The van der Waals surface area contributed by atoms with Crippen molar-refractivity contribution in [1.29, 1.82) is 0 Å². The number of unbranched alkanes of at least 4 members (excludes halogenated alkanes) is 3. The Morgan fingerprint density at radius 2 is 1.93 bits per heavy atom. The van der Waals surface area contributed by atoms with Crippen molar-refractivity contribution in [3.8, 4) is 0 Å². The fourth-order valence-electron chi connectivity index (χ4n) is 3.55. The highest BCUT2D eigenvalue weighted by atomic mass is 32.2. The molecule has 154 valence electrons. The molecule has 2 atom stereocenters. The van der Waals surface area contributed by atoms with E-state index in [1.165, 1.54) is 29.0 Å². The first-order valence-corrected chi connectivity index (χ1v) is 11.2. The van der Waals surface area contributed by atoms with Crippen molar-refractivity contribution in [3.63, 3.8) is 0 Å². The van der Waals surface area contributed by atoms with Gasteiger partial charge in [-0.3, -0.25) is 0 Å². The zero-order valence-corrected chi connectivity index (χ0v) is 17.2. The van der Waals surface area contributed by atoms with Crippen LogP contribution in [0.3, 0.4) is 0 Å². The molecule has 2 aromatic rings. The van der Waals surface area contributed by atoms with Gasteiger partial charge in [-0.2, -0.15) is 4.31 Å². The number of aromatic nitrogens is 2. The molecular formula is C20H28FN3O3S. The maximum Gasteiger partial charge on any atom is 0.262 e. The van der Waals surface area contributed by atoms with E-state index in [4.69, 9.17) is 4.74 Å². The van der Waals surface area contributed by atoms with Gasteiger partial charge in [0.2, 0.25) is 0 Å². The van der Waals surface area contributed by atoms with Crippen LogP contribution in [0.2, 0.25) is 0 Å². The number of aryl methyl sites for hydroxylation is 1. The van der Waals surface area contributed by atoms with Crippen LogP contribution < -0.4 is 0 Å². The van der Waals surface area contributed by atoms with E-state index >= 15 is 0 Å². The summed E-state index contributed by atoms with van der Waals surface area (Å²) >= 11 is 0. The van der Waals surface area contributed by atoms with Gasteiger partial charge >= 0.3 is 0 Å². The van der Waals surface area contributed by atoms with Crippen LogP contribution in [-0.2, 0) is 21.8 Å². The molecule has 0 aliphatic carbocycles. The summed E-state index contributed by atoms with van der Waals surface area (Å²) in [6.07, 6.45) is 7.08. The van der Waals surface area contributed by atoms with Gasteiger partial charge in [-0.05, 0) is 24.1 Å². The quantitative estimate of drug-likeness (QED) is 0.596. The number of sulfonamides is 1. The van der Waals surface area contributed by atoms with Gasteiger partial charge in [-0.1, -0.05) is 38.3 Å². The molecule has 0 unspecified atom stereocenters. The lowest BCUT2D eigenvalue weighted by molar-refractivity contribution is 0.0506. The summed E-state index contributed by atoms with van der Waals surface area (Å²) in [5, 5.41) is 0.0384. The van der Waals surface area contributed by atoms with Crippen molar-refractivity contribution in [2.45, 2.75) is 49.7 Å². The Hall–Kier alpha value is -1.77. The highest BCUT2D eigenvalue weighted by Gasteiger charge is 2.41. The second-order valence-corrected chi connectivity index (χ2v) is 9.21. The molecule has 1 fully saturated rings. The van der Waals surface area contributed by atoms with Gasteiger partial charge in [0.25, 0.3) is 10.0 Å². The summed E-state index contributed by atoms with van der Waals surface area (Å²) in [5.41, 5.74) is 0.888. The smallest absolute Gasteiger partial charge is 0.262 e. The molecule has 6 nitrogen and oxygen atoms in total. The van der Waals surface area contributed by atoms with Crippen molar-refractivity contribution >= 4 is 10.0 Å². The summed E-state index contributed by atoms with van der Waals surface area (Å²) < 4.78 is 48.4. The Balaban J connectivity index is 1.76. The van der Waals surface area contributed by atoms with Crippen molar-refractivity contribution in [1.82, 2.24) is 13.9 Å². The van der Waals surface area contributed by atoms with E-state index in [-0.39, 0.29) is 29.4 Å². The highest BCUT2D eigenvalue weighted by molar-refractivity contribution is 7.89. The van der Waals surface area contributed by atoms with Gasteiger partial charge < -0.3 is 9.30 Å². The molecule has 0 bridgehead atoms. The van der Waals surface area contributed by atoms with Crippen molar-refractivity contribution in [2.75, 3.05) is 19.7 Å². The molecule has 3 rings (SSSR count). The van der Waals surface area contributed by atoms with Gasteiger partial charge in [0.15, 0.2) is 5.03 Å². The lowest BCUT2D eigenvalue weighted by Crippen LogP contribution is -2.30.